The molecule has 26 heavy (non-hydrogen) atoms. The molecule has 0 aliphatic carbocycles. The van der Waals surface area contributed by atoms with Gasteiger partial charge in [0.05, 0.1) is 6.20 Å². The fraction of sp³-hybridized carbons (Fsp3) is 0.700. The van der Waals surface area contributed by atoms with Crippen molar-refractivity contribution in [2.45, 2.75) is 65.1 Å². The highest BCUT2D eigenvalue weighted by atomic mass is 16.5. The van der Waals surface area contributed by atoms with Gasteiger partial charge in [-0.1, -0.05) is 0 Å². The van der Waals surface area contributed by atoms with Crippen LogP contribution in [-0.4, -0.2) is 50.5 Å². The SMILES string of the molecule is CCn1ncc(CN2CCC(n3c(C)cnc3C3CCOCC3)C2)c1C. The van der Waals surface area contributed by atoms with E-state index in [0.29, 0.717) is 12.0 Å². The average Bonchev–Trinajstić information content (AvgIpc) is 3.36. The highest BCUT2D eigenvalue weighted by Gasteiger charge is 2.30. The van der Waals surface area contributed by atoms with Crippen LogP contribution in [0, 0.1) is 13.8 Å². The first-order valence-corrected chi connectivity index (χ1v) is 10.0. The molecule has 0 bridgehead atoms. The number of likely N-dealkylation sites (tertiary alicyclic amines) is 1. The second kappa shape index (κ2) is 7.53. The lowest BCUT2D eigenvalue weighted by molar-refractivity contribution is 0.0824. The van der Waals surface area contributed by atoms with Gasteiger partial charge >= 0.3 is 0 Å². The Morgan fingerprint density at radius 1 is 1.15 bits per heavy atom. The van der Waals surface area contributed by atoms with Crippen LogP contribution in [0.2, 0.25) is 0 Å². The molecule has 2 fully saturated rings. The third kappa shape index (κ3) is 3.32. The van der Waals surface area contributed by atoms with Crippen LogP contribution < -0.4 is 0 Å². The van der Waals surface area contributed by atoms with Crippen LogP contribution in [0.3, 0.4) is 0 Å². The fourth-order valence-corrected chi connectivity index (χ4v) is 4.56. The molecule has 0 N–H and O–H groups in total. The number of rotatable bonds is 5. The molecule has 0 amide bonds. The molecule has 1 unspecified atom stereocenters. The van der Waals surface area contributed by atoms with Gasteiger partial charge in [0.2, 0.25) is 0 Å². The lowest BCUT2D eigenvalue weighted by Gasteiger charge is -2.26. The minimum absolute atomic E-state index is 0.539. The van der Waals surface area contributed by atoms with Gasteiger partial charge in [-0.3, -0.25) is 9.58 Å². The van der Waals surface area contributed by atoms with Crippen molar-refractivity contribution in [3.63, 3.8) is 0 Å². The standard InChI is InChI=1S/C20H31N5O/c1-4-24-16(3)18(12-22-24)13-23-8-5-19(14-23)25-15(2)11-21-20(25)17-6-9-26-10-7-17/h11-12,17,19H,4-10,13-14H2,1-3H3. The van der Waals surface area contributed by atoms with Crippen LogP contribution in [0.1, 0.15) is 60.9 Å². The van der Waals surface area contributed by atoms with Crippen molar-refractivity contribution in [1.29, 1.82) is 0 Å². The number of hydrogen-bond donors (Lipinski definition) is 0. The molecule has 4 heterocycles. The van der Waals surface area contributed by atoms with Gasteiger partial charge in [0.15, 0.2) is 0 Å². The van der Waals surface area contributed by atoms with Gasteiger partial charge in [0.1, 0.15) is 5.82 Å². The summed E-state index contributed by atoms with van der Waals surface area (Å²) in [6, 6.07) is 0.539. The first-order valence-electron chi connectivity index (χ1n) is 10.0. The van der Waals surface area contributed by atoms with Crippen molar-refractivity contribution in [3.8, 4) is 0 Å². The molecule has 1 atom stereocenters. The Balaban J connectivity index is 1.47. The number of aryl methyl sites for hydroxylation is 2. The van der Waals surface area contributed by atoms with Crippen molar-refractivity contribution >= 4 is 0 Å². The summed E-state index contributed by atoms with van der Waals surface area (Å²) >= 11 is 0. The minimum Gasteiger partial charge on any atom is -0.381 e. The van der Waals surface area contributed by atoms with Crippen LogP contribution in [0.4, 0.5) is 0 Å². The summed E-state index contributed by atoms with van der Waals surface area (Å²) in [6.45, 7) is 12.5. The second-order valence-corrected chi connectivity index (χ2v) is 7.76. The van der Waals surface area contributed by atoms with E-state index in [1.54, 1.807) is 0 Å². The van der Waals surface area contributed by atoms with Gasteiger partial charge in [-0.05, 0) is 40.0 Å². The maximum absolute atomic E-state index is 5.55. The van der Waals surface area contributed by atoms with Gasteiger partial charge in [-0.2, -0.15) is 5.10 Å². The van der Waals surface area contributed by atoms with E-state index in [2.05, 4.69) is 46.2 Å². The van der Waals surface area contributed by atoms with Gasteiger partial charge in [-0.25, -0.2) is 4.98 Å². The summed E-state index contributed by atoms with van der Waals surface area (Å²) in [5.74, 6) is 1.84. The third-order valence-electron chi connectivity index (χ3n) is 6.11. The Morgan fingerprint density at radius 2 is 1.96 bits per heavy atom. The summed E-state index contributed by atoms with van der Waals surface area (Å²) < 4.78 is 10.2. The molecule has 2 aromatic heterocycles. The second-order valence-electron chi connectivity index (χ2n) is 7.76. The quantitative estimate of drug-likeness (QED) is 0.825. The van der Waals surface area contributed by atoms with E-state index >= 15 is 0 Å². The van der Waals surface area contributed by atoms with E-state index in [1.807, 2.05) is 6.20 Å². The van der Waals surface area contributed by atoms with E-state index < -0.39 is 0 Å². The number of nitrogens with zero attached hydrogens (tertiary/aromatic N) is 5. The molecule has 4 rings (SSSR count). The lowest BCUT2D eigenvalue weighted by atomic mass is 9.99. The van der Waals surface area contributed by atoms with Crippen molar-refractivity contribution in [2.24, 2.45) is 0 Å². The topological polar surface area (TPSA) is 48.1 Å². The largest absolute Gasteiger partial charge is 0.381 e. The molecular formula is C20H31N5O. The highest BCUT2D eigenvalue weighted by Crippen LogP contribution is 2.32. The Bertz CT molecular complexity index is 743. The van der Waals surface area contributed by atoms with Gasteiger partial charge in [-0.15, -0.1) is 0 Å². The molecule has 2 aliphatic heterocycles. The van der Waals surface area contributed by atoms with E-state index in [9.17, 15) is 0 Å². The van der Waals surface area contributed by atoms with Crippen molar-refractivity contribution in [3.05, 3.63) is 35.2 Å². The van der Waals surface area contributed by atoms with Crippen molar-refractivity contribution in [2.75, 3.05) is 26.3 Å². The predicted molar refractivity (Wildman–Crippen MR) is 101 cm³/mol. The zero-order valence-corrected chi connectivity index (χ0v) is 16.3. The van der Waals surface area contributed by atoms with Gasteiger partial charge in [0.25, 0.3) is 0 Å². The fourth-order valence-electron chi connectivity index (χ4n) is 4.56. The molecule has 2 saturated heterocycles. The molecule has 0 saturated carbocycles. The normalized spacial score (nSPS) is 22.3. The Morgan fingerprint density at radius 3 is 2.69 bits per heavy atom. The zero-order chi connectivity index (χ0) is 18.1. The Labute approximate surface area is 156 Å². The highest BCUT2D eigenvalue weighted by molar-refractivity contribution is 5.17. The van der Waals surface area contributed by atoms with E-state index in [0.717, 1.165) is 52.2 Å². The first-order chi connectivity index (χ1) is 12.7. The summed E-state index contributed by atoms with van der Waals surface area (Å²) in [5.41, 5.74) is 3.96. The van der Waals surface area contributed by atoms with Crippen LogP contribution in [-0.2, 0) is 17.8 Å². The summed E-state index contributed by atoms with van der Waals surface area (Å²) in [4.78, 5) is 7.37. The molecule has 6 heteroatoms. The number of ether oxygens (including phenoxy) is 1. The molecule has 0 spiro atoms. The van der Waals surface area contributed by atoms with E-state index in [-0.39, 0.29) is 0 Å². The Kier molecular flexibility index (Phi) is 5.14. The third-order valence-corrected chi connectivity index (χ3v) is 6.11. The molecule has 0 aromatic carbocycles. The molecule has 142 valence electrons. The predicted octanol–water partition coefficient (Wildman–Crippen LogP) is 3.06. The van der Waals surface area contributed by atoms with Gasteiger partial charge in [0, 0.05) is 74.5 Å². The summed E-state index contributed by atoms with van der Waals surface area (Å²) in [5, 5.41) is 4.50. The molecular weight excluding hydrogens is 326 g/mol. The molecule has 2 aliphatic rings. The molecule has 2 aromatic rings. The number of imidazole rings is 1. The minimum atomic E-state index is 0.539. The summed E-state index contributed by atoms with van der Waals surface area (Å²) in [6.07, 6.45) is 7.50. The lowest BCUT2D eigenvalue weighted by Crippen LogP contribution is -2.24. The first kappa shape index (κ1) is 17.7. The number of hydrogen-bond acceptors (Lipinski definition) is 4. The monoisotopic (exact) mass is 357 g/mol. The van der Waals surface area contributed by atoms with Crippen molar-refractivity contribution in [1.82, 2.24) is 24.2 Å². The maximum atomic E-state index is 5.55. The van der Waals surface area contributed by atoms with Gasteiger partial charge < -0.3 is 9.30 Å². The van der Waals surface area contributed by atoms with Crippen LogP contribution in [0.15, 0.2) is 12.4 Å². The smallest absolute Gasteiger partial charge is 0.112 e. The number of aromatic nitrogens is 4. The van der Waals surface area contributed by atoms with Crippen LogP contribution in [0.25, 0.3) is 0 Å². The molecule has 6 nitrogen and oxygen atoms in total. The summed E-state index contributed by atoms with van der Waals surface area (Å²) in [7, 11) is 0. The maximum Gasteiger partial charge on any atom is 0.112 e. The zero-order valence-electron chi connectivity index (χ0n) is 16.3. The van der Waals surface area contributed by atoms with E-state index in [4.69, 9.17) is 9.72 Å². The Hall–Kier alpha value is -1.66. The van der Waals surface area contributed by atoms with Crippen LogP contribution in [0.5, 0.6) is 0 Å². The van der Waals surface area contributed by atoms with Crippen LogP contribution >= 0.6 is 0 Å². The molecule has 0 radical (unpaired) electrons. The van der Waals surface area contributed by atoms with Crippen molar-refractivity contribution < 1.29 is 4.74 Å². The van der Waals surface area contributed by atoms with E-state index in [1.165, 1.54) is 29.2 Å². The average molecular weight is 358 g/mol.